The van der Waals surface area contributed by atoms with E-state index in [0.29, 0.717) is 11.1 Å². The Kier molecular flexibility index (Phi) is 6.61. The predicted octanol–water partition coefficient (Wildman–Crippen LogP) is 3.81. The first-order valence-corrected chi connectivity index (χ1v) is 9.88. The average Bonchev–Trinajstić information content (AvgIpc) is 2.73. The molecule has 0 saturated heterocycles. The van der Waals surface area contributed by atoms with E-state index in [1.54, 1.807) is 36.2 Å². The molecular formula is C22H20FN3O2S. The zero-order valence-corrected chi connectivity index (χ0v) is 16.6. The van der Waals surface area contributed by atoms with E-state index in [0.717, 1.165) is 16.2 Å². The molecule has 0 aliphatic heterocycles. The standard InChI is InChI=1S/C22H20FN3O2S/c1-26(20(21(24)27)17-5-2-6-18(23)12-17)22(28)16-7-9-19(10-8-16)29-14-15-4-3-11-25-13-15/h2-13,20H,14H2,1H3,(H2,24,27). The first kappa shape index (κ1) is 20.5. The van der Waals surface area contributed by atoms with E-state index in [9.17, 15) is 14.0 Å². The Labute approximate surface area is 172 Å². The number of carbonyl (C=O) groups excluding carboxylic acids is 2. The smallest absolute Gasteiger partial charge is 0.254 e. The van der Waals surface area contributed by atoms with Gasteiger partial charge in [0.05, 0.1) is 0 Å². The summed E-state index contributed by atoms with van der Waals surface area (Å²) in [5.74, 6) is -0.828. The summed E-state index contributed by atoms with van der Waals surface area (Å²) in [6.07, 6.45) is 3.55. The number of thioether (sulfide) groups is 1. The lowest BCUT2D eigenvalue weighted by Gasteiger charge is -2.26. The summed E-state index contributed by atoms with van der Waals surface area (Å²) < 4.78 is 13.6. The molecule has 2 N–H and O–H groups in total. The molecule has 1 unspecified atom stereocenters. The number of halogens is 1. The largest absolute Gasteiger partial charge is 0.368 e. The number of hydrogen-bond donors (Lipinski definition) is 1. The van der Waals surface area contributed by atoms with Crippen LogP contribution in [0.2, 0.25) is 0 Å². The SMILES string of the molecule is CN(C(=O)c1ccc(SCc2cccnc2)cc1)C(C(N)=O)c1cccc(F)c1. The minimum atomic E-state index is -1.06. The lowest BCUT2D eigenvalue weighted by atomic mass is 10.0. The molecular weight excluding hydrogens is 389 g/mol. The van der Waals surface area contributed by atoms with E-state index < -0.39 is 17.8 Å². The summed E-state index contributed by atoms with van der Waals surface area (Å²) in [6, 6.07) is 15.5. The van der Waals surface area contributed by atoms with E-state index in [1.165, 1.54) is 30.1 Å². The van der Waals surface area contributed by atoms with Crippen molar-refractivity contribution in [2.24, 2.45) is 5.73 Å². The van der Waals surface area contributed by atoms with E-state index in [2.05, 4.69) is 4.98 Å². The van der Waals surface area contributed by atoms with Crippen LogP contribution in [0.15, 0.2) is 78.0 Å². The number of nitrogens with two attached hydrogens (primary N) is 1. The molecule has 7 heteroatoms. The summed E-state index contributed by atoms with van der Waals surface area (Å²) in [7, 11) is 1.48. The van der Waals surface area contributed by atoms with Gasteiger partial charge in [-0.05, 0) is 53.6 Å². The van der Waals surface area contributed by atoms with E-state index in [1.807, 2.05) is 30.5 Å². The van der Waals surface area contributed by atoms with E-state index in [4.69, 9.17) is 5.73 Å². The maximum absolute atomic E-state index is 13.6. The van der Waals surface area contributed by atoms with Crippen LogP contribution in [0.3, 0.4) is 0 Å². The Morgan fingerprint density at radius 1 is 1.14 bits per heavy atom. The van der Waals surface area contributed by atoms with Crippen LogP contribution >= 0.6 is 11.8 Å². The molecule has 1 heterocycles. The molecule has 0 aliphatic rings. The minimum absolute atomic E-state index is 0.331. The Bertz CT molecular complexity index is 996. The highest BCUT2D eigenvalue weighted by Crippen LogP contribution is 2.25. The van der Waals surface area contributed by atoms with Crippen LogP contribution in [-0.2, 0) is 10.5 Å². The van der Waals surface area contributed by atoms with Crippen LogP contribution in [0.1, 0.15) is 27.5 Å². The first-order valence-electron chi connectivity index (χ1n) is 8.89. The van der Waals surface area contributed by atoms with Gasteiger partial charge in [0.15, 0.2) is 0 Å². The quantitative estimate of drug-likeness (QED) is 0.602. The van der Waals surface area contributed by atoms with Gasteiger partial charge in [0.25, 0.3) is 5.91 Å². The molecule has 0 bridgehead atoms. The fourth-order valence-corrected chi connectivity index (χ4v) is 3.75. The van der Waals surface area contributed by atoms with Crippen molar-refractivity contribution in [1.29, 1.82) is 0 Å². The number of benzene rings is 2. The molecule has 148 valence electrons. The molecule has 1 aromatic heterocycles. The molecule has 2 amide bonds. The molecule has 0 aliphatic carbocycles. The number of rotatable bonds is 7. The van der Waals surface area contributed by atoms with Crippen LogP contribution in [-0.4, -0.2) is 28.7 Å². The predicted molar refractivity (Wildman–Crippen MR) is 111 cm³/mol. The van der Waals surface area contributed by atoms with Gasteiger partial charge in [-0.1, -0.05) is 18.2 Å². The van der Waals surface area contributed by atoms with Crippen LogP contribution in [0, 0.1) is 5.82 Å². The summed E-state index contributed by atoms with van der Waals surface area (Å²) in [4.78, 5) is 31.1. The fraction of sp³-hybridized carbons (Fsp3) is 0.136. The summed E-state index contributed by atoms with van der Waals surface area (Å²) in [6.45, 7) is 0. The van der Waals surface area contributed by atoms with Gasteiger partial charge < -0.3 is 10.6 Å². The Balaban J connectivity index is 1.72. The second-order valence-corrected chi connectivity index (χ2v) is 7.50. The number of likely N-dealkylation sites (N-methyl/N-ethyl adjacent to an activating group) is 1. The number of hydrogen-bond acceptors (Lipinski definition) is 4. The van der Waals surface area contributed by atoms with Gasteiger partial charge in [-0.3, -0.25) is 14.6 Å². The number of primary amides is 1. The number of amides is 2. The maximum Gasteiger partial charge on any atom is 0.254 e. The van der Waals surface area contributed by atoms with Gasteiger partial charge >= 0.3 is 0 Å². The molecule has 2 aromatic carbocycles. The molecule has 0 spiro atoms. The van der Waals surface area contributed by atoms with Crippen LogP contribution in [0.5, 0.6) is 0 Å². The molecule has 5 nitrogen and oxygen atoms in total. The topological polar surface area (TPSA) is 76.3 Å². The second kappa shape index (κ2) is 9.34. The average molecular weight is 409 g/mol. The third-order valence-electron chi connectivity index (χ3n) is 4.37. The van der Waals surface area contributed by atoms with Crippen LogP contribution < -0.4 is 5.73 Å². The number of aromatic nitrogens is 1. The van der Waals surface area contributed by atoms with Gasteiger partial charge in [0.1, 0.15) is 11.9 Å². The van der Waals surface area contributed by atoms with Crippen molar-refractivity contribution in [2.45, 2.75) is 16.7 Å². The molecule has 1 atom stereocenters. The van der Waals surface area contributed by atoms with Crippen molar-refractivity contribution in [1.82, 2.24) is 9.88 Å². The second-order valence-electron chi connectivity index (χ2n) is 6.45. The highest BCUT2D eigenvalue weighted by molar-refractivity contribution is 7.98. The number of pyridine rings is 1. The Morgan fingerprint density at radius 3 is 2.52 bits per heavy atom. The normalized spacial score (nSPS) is 11.7. The maximum atomic E-state index is 13.6. The van der Waals surface area contributed by atoms with Crippen LogP contribution in [0.4, 0.5) is 4.39 Å². The highest BCUT2D eigenvalue weighted by atomic mass is 32.2. The lowest BCUT2D eigenvalue weighted by Crippen LogP contribution is -2.39. The Morgan fingerprint density at radius 2 is 1.90 bits per heavy atom. The third-order valence-corrected chi connectivity index (χ3v) is 5.45. The van der Waals surface area contributed by atoms with Crippen molar-refractivity contribution in [3.05, 3.63) is 95.6 Å². The molecule has 0 fully saturated rings. The molecule has 3 rings (SSSR count). The zero-order chi connectivity index (χ0) is 20.8. The number of nitrogens with zero attached hydrogens (tertiary/aromatic N) is 2. The van der Waals surface area contributed by atoms with Gasteiger partial charge in [0.2, 0.25) is 5.91 Å². The molecule has 0 saturated carbocycles. The van der Waals surface area contributed by atoms with Gasteiger partial charge in [-0.2, -0.15) is 0 Å². The summed E-state index contributed by atoms with van der Waals surface area (Å²) in [5, 5.41) is 0. The van der Waals surface area contributed by atoms with Crippen LogP contribution in [0.25, 0.3) is 0 Å². The monoisotopic (exact) mass is 409 g/mol. The van der Waals surface area contributed by atoms with Crippen molar-refractivity contribution in [2.75, 3.05) is 7.05 Å². The van der Waals surface area contributed by atoms with Crippen molar-refractivity contribution in [3.63, 3.8) is 0 Å². The summed E-state index contributed by atoms with van der Waals surface area (Å²) in [5.41, 5.74) is 7.35. The van der Waals surface area contributed by atoms with Gasteiger partial charge in [-0.15, -0.1) is 11.8 Å². The molecule has 0 radical (unpaired) electrons. The molecule has 29 heavy (non-hydrogen) atoms. The van der Waals surface area contributed by atoms with E-state index >= 15 is 0 Å². The Hall–Kier alpha value is -3.19. The first-order chi connectivity index (χ1) is 14.0. The summed E-state index contributed by atoms with van der Waals surface area (Å²) >= 11 is 1.63. The third kappa shape index (κ3) is 5.20. The van der Waals surface area contributed by atoms with Gasteiger partial charge in [0, 0.05) is 35.7 Å². The van der Waals surface area contributed by atoms with Gasteiger partial charge in [-0.25, -0.2) is 4.39 Å². The zero-order valence-electron chi connectivity index (χ0n) is 15.8. The highest BCUT2D eigenvalue weighted by Gasteiger charge is 2.27. The number of carbonyl (C=O) groups is 2. The van der Waals surface area contributed by atoms with E-state index in [-0.39, 0.29) is 5.91 Å². The van der Waals surface area contributed by atoms with Crippen molar-refractivity contribution < 1.29 is 14.0 Å². The minimum Gasteiger partial charge on any atom is -0.368 e. The molecule has 3 aromatic rings. The van der Waals surface area contributed by atoms with Crippen molar-refractivity contribution >= 4 is 23.6 Å². The fourth-order valence-electron chi connectivity index (χ4n) is 2.92. The van der Waals surface area contributed by atoms with Crippen molar-refractivity contribution in [3.8, 4) is 0 Å². The lowest BCUT2D eigenvalue weighted by molar-refractivity contribution is -0.122.